The minimum atomic E-state index is 0.488. The summed E-state index contributed by atoms with van der Waals surface area (Å²) in [6, 6.07) is 0.488. The fourth-order valence-electron chi connectivity index (χ4n) is 2.33. The fourth-order valence-corrected chi connectivity index (χ4v) is 2.33. The van der Waals surface area contributed by atoms with Crippen molar-refractivity contribution in [1.29, 1.82) is 0 Å². The van der Waals surface area contributed by atoms with Crippen LogP contribution in [0.4, 0.5) is 0 Å². The van der Waals surface area contributed by atoms with Gasteiger partial charge in [-0.1, -0.05) is 6.92 Å². The van der Waals surface area contributed by atoms with Gasteiger partial charge in [0, 0.05) is 32.8 Å². The summed E-state index contributed by atoms with van der Waals surface area (Å²) in [6.07, 6.45) is 2.76. The zero-order valence-corrected chi connectivity index (χ0v) is 11.7. The Labute approximate surface area is 106 Å². The number of likely N-dealkylation sites (tertiary alicyclic amines) is 1. The molecule has 17 heavy (non-hydrogen) atoms. The van der Waals surface area contributed by atoms with Crippen molar-refractivity contribution in [2.24, 2.45) is 0 Å². The Morgan fingerprint density at radius 2 is 2.06 bits per heavy atom. The van der Waals surface area contributed by atoms with E-state index in [1.807, 2.05) is 0 Å². The topological polar surface area (TPSA) is 27.7 Å². The van der Waals surface area contributed by atoms with E-state index in [9.17, 15) is 0 Å². The van der Waals surface area contributed by atoms with Gasteiger partial charge in [0.2, 0.25) is 0 Å². The summed E-state index contributed by atoms with van der Waals surface area (Å²) >= 11 is 0. The predicted molar refractivity (Wildman–Crippen MR) is 72.5 cm³/mol. The number of ether oxygens (including phenoxy) is 1. The summed E-state index contributed by atoms with van der Waals surface area (Å²) in [6.45, 7) is 9.91. The second-order valence-corrected chi connectivity index (χ2v) is 4.95. The largest absolute Gasteiger partial charge is 0.383 e. The Morgan fingerprint density at radius 1 is 1.35 bits per heavy atom. The Bertz CT molecular complexity index is 184. The second-order valence-electron chi connectivity index (χ2n) is 4.95. The van der Waals surface area contributed by atoms with Crippen LogP contribution in [0.1, 0.15) is 19.8 Å². The molecular formula is C13H29N3O. The third kappa shape index (κ3) is 5.82. The lowest BCUT2D eigenvalue weighted by Crippen LogP contribution is -2.45. The van der Waals surface area contributed by atoms with Gasteiger partial charge in [0.25, 0.3) is 0 Å². The number of methoxy groups -OCH3 is 1. The molecule has 0 radical (unpaired) electrons. The van der Waals surface area contributed by atoms with Gasteiger partial charge in [-0.05, 0) is 39.5 Å². The van der Waals surface area contributed by atoms with E-state index in [0.717, 1.165) is 26.2 Å². The van der Waals surface area contributed by atoms with Crippen molar-refractivity contribution in [1.82, 2.24) is 15.1 Å². The van der Waals surface area contributed by atoms with Gasteiger partial charge in [0.05, 0.1) is 6.61 Å². The molecule has 0 aliphatic carbocycles. The van der Waals surface area contributed by atoms with E-state index in [2.05, 4.69) is 29.1 Å². The average Bonchev–Trinajstić information content (AvgIpc) is 2.84. The number of rotatable bonds is 9. The molecule has 4 heteroatoms. The van der Waals surface area contributed by atoms with Crippen LogP contribution in [0, 0.1) is 0 Å². The highest BCUT2D eigenvalue weighted by atomic mass is 16.5. The SMILES string of the molecule is CCNCC(COC)N(C)CCN1CCCC1. The quantitative estimate of drug-likeness (QED) is 0.643. The van der Waals surface area contributed by atoms with Crippen LogP contribution >= 0.6 is 0 Å². The van der Waals surface area contributed by atoms with Crippen molar-refractivity contribution in [3.05, 3.63) is 0 Å². The first-order chi connectivity index (χ1) is 8.27. The van der Waals surface area contributed by atoms with E-state index in [4.69, 9.17) is 4.74 Å². The number of nitrogens with zero attached hydrogens (tertiary/aromatic N) is 2. The lowest BCUT2D eigenvalue weighted by Gasteiger charge is -2.29. The monoisotopic (exact) mass is 243 g/mol. The normalized spacial score (nSPS) is 19.1. The first kappa shape index (κ1) is 14.9. The van der Waals surface area contributed by atoms with Crippen molar-refractivity contribution >= 4 is 0 Å². The number of hydrogen-bond acceptors (Lipinski definition) is 4. The van der Waals surface area contributed by atoms with E-state index < -0.39 is 0 Å². The highest BCUT2D eigenvalue weighted by molar-refractivity contribution is 4.73. The molecule has 1 atom stereocenters. The maximum absolute atomic E-state index is 5.30. The summed E-state index contributed by atoms with van der Waals surface area (Å²) < 4.78 is 5.30. The van der Waals surface area contributed by atoms with Gasteiger partial charge in [0.1, 0.15) is 0 Å². The molecule has 1 aliphatic rings. The minimum absolute atomic E-state index is 0.488. The van der Waals surface area contributed by atoms with Gasteiger partial charge in [-0.3, -0.25) is 4.90 Å². The van der Waals surface area contributed by atoms with Crippen LogP contribution in [0.15, 0.2) is 0 Å². The zero-order chi connectivity index (χ0) is 12.5. The van der Waals surface area contributed by atoms with Crippen LogP contribution in [0.3, 0.4) is 0 Å². The summed E-state index contributed by atoms with van der Waals surface area (Å²) in [4.78, 5) is 4.98. The molecule has 1 fully saturated rings. The van der Waals surface area contributed by atoms with Crippen molar-refractivity contribution in [2.45, 2.75) is 25.8 Å². The lowest BCUT2D eigenvalue weighted by atomic mass is 10.2. The van der Waals surface area contributed by atoms with Crippen LogP contribution in [0.25, 0.3) is 0 Å². The third-order valence-electron chi connectivity index (χ3n) is 3.58. The molecule has 0 saturated carbocycles. The molecule has 0 spiro atoms. The summed E-state index contributed by atoms with van der Waals surface area (Å²) in [7, 11) is 3.99. The van der Waals surface area contributed by atoms with E-state index in [1.54, 1.807) is 7.11 Å². The Balaban J connectivity index is 2.22. The highest BCUT2D eigenvalue weighted by Crippen LogP contribution is 2.07. The highest BCUT2D eigenvalue weighted by Gasteiger charge is 2.16. The first-order valence-corrected chi connectivity index (χ1v) is 6.90. The molecular weight excluding hydrogens is 214 g/mol. The van der Waals surface area contributed by atoms with Crippen molar-refractivity contribution in [2.75, 3.05) is 60.0 Å². The van der Waals surface area contributed by atoms with Crippen LogP contribution in [0.5, 0.6) is 0 Å². The maximum Gasteiger partial charge on any atom is 0.0630 e. The van der Waals surface area contributed by atoms with Gasteiger partial charge in [-0.25, -0.2) is 0 Å². The molecule has 1 saturated heterocycles. The molecule has 1 N–H and O–H groups in total. The van der Waals surface area contributed by atoms with Gasteiger partial charge >= 0.3 is 0 Å². The maximum atomic E-state index is 5.30. The molecule has 0 aromatic heterocycles. The third-order valence-corrected chi connectivity index (χ3v) is 3.58. The van der Waals surface area contributed by atoms with E-state index >= 15 is 0 Å². The zero-order valence-electron chi connectivity index (χ0n) is 11.7. The van der Waals surface area contributed by atoms with Crippen molar-refractivity contribution in [3.8, 4) is 0 Å². The standard InChI is InChI=1S/C13H29N3O/c1-4-14-11-13(12-17-3)15(2)9-10-16-7-5-6-8-16/h13-14H,4-12H2,1-3H3. The van der Waals surface area contributed by atoms with E-state index in [1.165, 1.54) is 32.5 Å². The first-order valence-electron chi connectivity index (χ1n) is 6.90. The minimum Gasteiger partial charge on any atom is -0.383 e. The number of nitrogens with one attached hydrogen (secondary N) is 1. The Hall–Kier alpha value is -0.160. The number of likely N-dealkylation sites (N-methyl/N-ethyl adjacent to an activating group) is 2. The molecule has 0 aromatic carbocycles. The Kier molecular flexibility index (Phi) is 7.77. The number of hydrogen-bond donors (Lipinski definition) is 1. The molecule has 0 amide bonds. The molecule has 1 rings (SSSR count). The lowest BCUT2D eigenvalue weighted by molar-refractivity contribution is 0.0994. The Morgan fingerprint density at radius 3 is 2.65 bits per heavy atom. The summed E-state index contributed by atoms with van der Waals surface area (Å²) in [5, 5.41) is 3.41. The predicted octanol–water partition coefficient (Wildman–Crippen LogP) is 0.639. The molecule has 1 heterocycles. The molecule has 4 nitrogen and oxygen atoms in total. The van der Waals surface area contributed by atoms with Gasteiger partial charge in [-0.2, -0.15) is 0 Å². The van der Waals surface area contributed by atoms with E-state index in [0.29, 0.717) is 6.04 Å². The van der Waals surface area contributed by atoms with E-state index in [-0.39, 0.29) is 0 Å². The summed E-state index contributed by atoms with van der Waals surface area (Å²) in [5.74, 6) is 0. The van der Waals surface area contributed by atoms with Crippen molar-refractivity contribution < 1.29 is 4.74 Å². The van der Waals surface area contributed by atoms with Gasteiger partial charge in [-0.15, -0.1) is 0 Å². The fraction of sp³-hybridized carbons (Fsp3) is 1.00. The second kappa shape index (κ2) is 8.86. The molecule has 0 bridgehead atoms. The van der Waals surface area contributed by atoms with Crippen LogP contribution in [-0.4, -0.2) is 75.9 Å². The molecule has 102 valence electrons. The summed E-state index contributed by atoms with van der Waals surface area (Å²) in [5.41, 5.74) is 0. The molecule has 1 aliphatic heterocycles. The molecule has 1 unspecified atom stereocenters. The van der Waals surface area contributed by atoms with Gasteiger partial charge < -0.3 is 15.0 Å². The van der Waals surface area contributed by atoms with Crippen LogP contribution in [-0.2, 0) is 4.74 Å². The van der Waals surface area contributed by atoms with Gasteiger partial charge in [0.15, 0.2) is 0 Å². The molecule has 0 aromatic rings. The smallest absolute Gasteiger partial charge is 0.0630 e. The average molecular weight is 243 g/mol. The van der Waals surface area contributed by atoms with Crippen LogP contribution in [0.2, 0.25) is 0 Å². The van der Waals surface area contributed by atoms with Crippen molar-refractivity contribution in [3.63, 3.8) is 0 Å². The van der Waals surface area contributed by atoms with Crippen LogP contribution < -0.4 is 5.32 Å².